The van der Waals surface area contributed by atoms with E-state index in [2.05, 4.69) is 10.5 Å². The Morgan fingerprint density at radius 3 is 2.34 bits per heavy atom. The minimum absolute atomic E-state index is 0.0330. The van der Waals surface area contributed by atoms with Crippen LogP contribution >= 0.6 is 0 Å². The molecule has 0 saturated carbocycles. The minimum atomic E-state index is -0.886. The largest absolute Gasteiger partial charge is 0.493 e. The number of hydrogen-bond donors (Lipinski definition) is 1. The highest BCUT2D eigenvalue weighted by molar-refractivity contribution is 6.05. The summed E-state index contributed by atoms with van der Waals surface area (Å²) in [4.78, 5) is 48.9. The monoisotopic (exact) mass is 478 g/mol. The van der Waals surface area contributed by atoms with Crippen molar-refractivity contribution in [3.63, 3.8) is 0 Å². The van der Waals surface area contributed by atoms with Crippen LogP contribution < -0.4 is 20.4 Å². The minimum Gasteiger partial charge on any atom is -0.493 e. The van der Waals surface area contributed by atoms with Gasteiger partial charge in [0.2, 0.25) is 0 Å². The lowest BCUT2D eigenvalue weighted by Gasteiger charge is -2.10. The number of esters is 1. The third-order valence-corrected chi connectivity index (χ3v) is 4.80. The van der Waals surface area contributed by atoms with Crippen molar-refractivity contribution in [3.8, 4) is 11.5 Å². The smallest absolute Gasteiger partial charge is 0.360 e. The summed E-state index contributed by atoms with van der Waals surface area (Å²) < 4.78 is 20.8. The zero-order valence-electron chi connectivity index (χ0n) is 19.2. The van der Waals surface area contributed by atoms with Gasteiger partial charge in [-0.05, 0) is 48.5 Å². The number of ether oxygens (including phenoxy) is 3. The quantitative estimate of drug-likeness (QED) is 0.347. The summed E-state index contributed by atoms with van der Waals surface area (Å²) in [5.74, 6) is -0.824. The van der Waals surface area contributed by atoms with Gasteiger partial charge in [-0.2, -0.15) is 0 Å². The summed E-state index contributed by atoms with van der Waals surface area (Å²) in [6, 6.07) is 12.3. The molecule has 35 heavy (non-hydrogen) atoms. The summed E-state index contributed by atoms with van der Waals surface area (Å²) in [5, 5.41) is 5.43. The Hall–Kier alpha value is -4.73. The van der Waals surface area contributed by atoms with Gasteiger partial charge in [-0.3, -0.25) is 4.79 Å². The van der Waals surface area contributed by atoms with Crippen molar-refractivity contribution in [2.75, 3.05) is 26.1 Å². The van der Waals surface area contributed by atoms with Crippen LogP contribution in [0.4, 0.5) is 11.4 Å². The molecule has 2 aromatic carbocycles. The fraction of sp³-hybridized carbons (Fsp3) is 0.160. The SMILES string of the molecule is CCOC(=O)c1cc(NC(=O)c2ccccc2)c(=O)oc1/C=C/c1cc(OC)c(OC)cc1N=O. The second kappa shape index (κ2) is 11.4. The molecule has 180 valence electrons. The number of hydrogen-bond acceptors (Lipinski definition) is 9. The standard InChI is InChI=1S/C25H22N2O8/c1-4-34-24(29)17-13-19(26-23(28)15-8-6-5-7-9-15)25(30)35-20(17)11-10-16-12-21(32-2)22(33-3)14-18(16)27-31/h5-14H,4H2,1-3H3,(H,26,28)/b11-10+. The molecule has 0 radical (unpaired) electrons. The van der Waals surface area contributed by atoms with E-state index in [1.54, 1.807) is 37.3 Å². The van der Waals surface area contributed by atoms with E-state index in [1.807, 2.05) is 0 Å². The van der Waals surface area contributed by atoms with Crippen molar-refractivity contribution in [2.24, 2.45) is 5.18 Å². The van der Waals surface area contributed by atoms with E-state index in [9.17, 15) is 19.3 Å². The van der Waals surface area contributed by atoms with Crippen LogP contribution in [0.25, 0.3) is 12.2 Å². The summed E-state index contributed by atoms with van der Waals surface area (Å²) in [6.07, 6.45) is 2.73. The average Bonchev–Trinajstić information content (AvgIpc) is 2.88. The molecule has 1 aromatic heterocycles. The zero-order chi connectivity index (χ0) is 25.4. The molecule has 0 aliphatic heterocycles. The number of nitrogens with zero attached hydrogens (tertiary/aromatic N) is 1. The topological polar surface area (TPSA) is 134 Å². The molecule has 0 fully saturated rings. The molecule has 0 aliphatic carbocycles. The highest BCUT2D eigenvalue weighted by Crippen LogP contribution is 2.35. The van der Waals surface area contributed by atoms with Gasteiger partial charge >= 0.3 is 11.6 Å². The lowest BCUT2D eigenvalue weighted by atomic mass is 10.1. The van der Waals surface area contributed by atoms with E-state index in [0.717, 1.165) is 0 Å². The first-order valence-corrected chi connectivity index (χ1v) is 10.4. The molecule has 1 heterocycles. The molecule has 0 spiro atoms. The summed E-state index contributed by atoms with van der Waals surface area (Å²) in [7, 11) is 2.85. The van der Waals surface area contributed by atoms with Gasteiger partial charge in [0.15, 0.2) is 11.5 Å². The van der Waals surface area contributed by atoms with Crippen LogP contribution in [0.1, 0.15) is 39.0 Å². The van der Waals surface area contributed by atoms with Gasteiger partial charge in [0.05, 0.1) is 20.8 Å². The zero-order valence-corrected chi connectivity index (χ0v) is 19.2. The Balaban J connectivity index is 2.03. The van der Waals surface area contributed by atoms with Crippen molar-refractivity contribution in [1.82, 2.24) is 0 Å². The van der Waals surface area contributed by atoms with Gasteiger partial charge in [-0.25, -0.2) is 9.59 Å². The number of amides is 1. The Bertz CT molecular complexity index is 1330. The van der Waals surface area contributed by atoms with Crippen molar-refractivity contribution in [3.05, 3.63) is 86.3 Å². The molecule has 0 aliphatic rings. The number of rotatable bonds is 9. The molecule has 0 saturated heterocycles. The lowest BCUT2D eigenvalue weighted by Crippen LogP contribution is -2.20. The van der Waals surface area contributed by atoms with Crippen LogP contribution in [0.3, 0.4) is 0 Å². The number of nitrogens with one attached hydrogen (secondary N) is 1. The summed E-state index contributed by atoms with van der Waals surface area (Å²) in [5.41, 5.74) is -0.561. The van der Waals surface area contributed by atoms with Gasteiger partial charge in [-0.15, -0.1) is 4.91 Å². The fourth-order valence-electron chi connectivity index (χ4n) is 3.11. The average molecular weight is 478 g/mol. The molecule has 0 atom stereocenters. The molecular weight excluding hydrogens is 456 g/mol. The van der Waals surface area contributed by atoms with Gasteiger partial charge in [0, 0.05) is 17.2 Å². The third-order valence-electron chi connectivity index (χ3n) is 4.80. The summed E-state index contributed by atoms with van der Waals surface area (Å²) in [6.45, 7) is 1.69. The first kappa shape index (κ1) is 24.9. The van der Waals surface area contributed by atoms with Crippen LogP contribution in [-0.2, 0) is 4.74 Å². The Morgan fingerprint density at radius 2 is 1.71 bits per heavy atom. The molecule has 3 rings (SSSR count). The number of benzene rings is 2. The van der Waals surface area contributed by atoms with Crippen LogP contribution in [-0.4, -0.2) is 32.7 Å². The molecule has 0 bridgehead atoms. The van der Waals surface area contributed by atoms with Gasteiger partial charge < -0.3 is 23.9 Å². The van der Waals surface area contributed by atoms with E-state index in [-0.39, 0.29) is 29.3 Å². The predicted molar refractivity (Wildman–Crippen MR) is 129 cm³/mol. The van der Waals surface area contributed by atoms with Crippen LogP contribution in [0.5, 0.6) is 11.5 Å². The van der Waals surface area contributed by atoms with E-state index in [0.29, 0.717) is 22.6 Å². The number of carbonyl (C=O) groups excluding carboxylic acids is 2. The van der Waals surface area contributed by atoms with E-state index >= 15 is 0 Å². The van der Waals surface area contributed by atoms with E-state index in [4.69, 9.17) is 18.6 Å². The Morgan fingerprint density at radius 1 is 1.03 bits per heavy atom. The van der Waals surface area contributed by atoms with Crippen LogP contribution in [0, 0.1) is 4.91 Å². The van der Waals surface area contributed by atoms with Crippen molar-refractivity contribution < 1.29 is 28.2 Å². The lowest BCUT2D eigenvalue weighted by molar-refractivity contribution is 0.0522. The number of nitroso groups, excluding NO2 is 1. The van der Waals surface area contributed by atoms with Crippen molar-refractivity contribution >= 4 is 35.4 Å². The second-order valence-corrected chi connectivity index (χ2v) is 6.96. The normalized spacial score (nSPS) is 10.6. The first-order chi connectivity index (χ1) is 16.9. The van der Waals surface area contributed by atoms with Crippen LogP contribution in [0.2, 0.25) is 0 Å². The van der Waals surface area contributed by atoms with E-state index < -0.39 is 17.5 Å². The molecule has 1 amide bonds. The Labute approximate surface area is 200 Å². The highest BCUT2D eigenvalue weighted by Gasteiger charge is 2.19. The number of methoxy groups -OCH3 is 2. The molecule has 1 N–H and O–H groups in total. The molecule has 10 heteroatoms. The molecular formula is C25H22N2O8. The highest BCUT2D eigenvalue weighted by atomic mass is 16.5. The fourth-order valence-corrected chi connectivity index (χ4v) is 3.11. The molecule has 3 aromatic rings. The maximum absolute atomic E-state index is 12.6. The maximum atomic E-state index is 12.6. The molecule has 10 nitrogen and oxygen atoms in total. The Kier molecular flexibility index (Phi) is 8.12. The second-order valence-electron chi connectivity index (χ2n) is 6.96. The van der Waals surface area contributed by atoms with Crippen molar-refractivity contribution in [1.29, 1.82) is 0 Å². The van der Waals surface area contributed by atoms with Gasteiger partial charge in [-0.1, -0.05) is 18.2 Å². The predicted octanol–water partition coefficient (Wildman–Crippen LogP) is 4.65. The van der Waals surface area contributed by atoms with Gasteiger partial charge in [0.1, 0.15) is 22.7 Å². The maximum Gasteiger partial charge on any atom is 0.360 e. The third kappa shape index (κ3) is 5.80. The number of carbonyl (C=O) groups is 2. The van der Waals surface area contributed by atoms with Crippen molar-refractivity contribution in [2.45, 2.75) is 6.92 Å². The number of anilines is 1. The summed E-state index contributed by atoms with van der Waals surface area (Å²) >= 11 is 0. The molecule has 0 unspecified atom stereocenters. The van der Waals surface area contributed by atoms with E-state index in [1.165, 1.54) is 44.6 Å². The first-order valence-electron chi connectivity index (χ1n) is 10.4. The van der Waals surface area contributed by atoms with Crippen LogP contribution in [0.15, 0.2) is 62.9 Å². The van der Waals surface area contributed by atoms with Gasteiger partial charge in [0.25, 0.3) is 5.91 Å².